The Hall–Kier alpha value is -3.51. The number of primary amides is 1. The number of carbonyl (C=O) groups is 4. The number of hydrogen-bond acceptors (Lipinski definition) is 9. The fraction of sp³-hybridized carbons (Fsp3) is 0.467. The molecule has 7 atom stereocenters. The predicted octanol–water partition coefficient (Wildman–Crippen LogP) is 0.527. The van der Waals surface area contributed by atoms with E-state index in [0.717, 1.165) is 0 Å². The predicted molar refractivity (Wildman–Crippen MR) is 145 cm³/mol. The largest absolute Gasteiger partial charge is 0.507 e. The fourth-order valence-corrected chi connectivity index (χ4v) is 7.30. The third kappa shape index (κ3) is 4.30. The molecule has 0 heterocycles. The molecular formula is C30H34FN3O7. The highest BCUT2D eigenvalue weighted by atomic mass is 19.1. The van der Waals surface area contributed by atoms with Crippen molar-refractivity contribution in [3.05, 3.63) is 52.8 Å². The van der Waals surface area contributed by atoms with Crippen LogP contribution in [-0.4, -0.2) is 94.3 Å². The van der Waals surface area contributed by atoms with Crippen LogP contribution in [0.4, 0.5) is 4.39 Å². The lowest BCUT2D eigenvalue weighted by Gasteiger charge is -2.54. The second-order valence-corrected chi connectivity index (χ2v) is 12.0. The van der Waals surface area contributed by atoms with Gasteiger partial charge in [-0.1, -0.05) is 12.1 Å². The zero-order valence-electron chi connectivity index (χ0n) is 23.3. The van der Waals surface area contributed by atoms with Gasteiger partial charge < -0.3 is 30.9 Å². The summed E-state index contributed by atoms with van der Waals surface area (Å²) >= 11 is 0. The number of hydrogen-bond donors (Lipinski definition) is 4. The van der Waals surface area contributed by atoms with Crippen LogP contribution in [0.15, 0.2) is 30.3 Å². The van der Waals surface area contributed by atoms with Gasteiger partial charge in [-0.05, 0) is 81.8 Å². The van der Waals surface area contributed by atoms with Gasteiger partial charge in [0.1, 0.15) is 17.5 Å². The molecule has 0 radical (unpaired) electrons. The molecule has 3 unspecified atom stereocenters. The first-order valence-corrected chi connectivity index (χ1v) is 13.5. The van der Waals surface area contributed by atoms with E-state index in [4.69, 9.17) is 5.73 Å². The second kappa shape index (κ2) is 10.1. The van der Waals surface area contributed by atoms with E-state index < -0.39 is 64.7 Å². The maximum atomic E-state index is 14.5. The molecule has 2 saturated carbocycles. The number of amides is 1. The smallest absolute Gasteiger partial charge is 0.230 e. The van der Waals surface area contributed by atoms with Crippen molar-refractivity contribution < 1.29 is 38.9 Å². The summed E-state index contributed by atoms with van der Waals surface area (Å²) in [6.07, 6.45) is -1.40. The molecule has 2 fully saturated rings. The third-order valence-electron chi connectivity index (χ3n) is 9.02. The number of aromatic hydroxyl groups is 1. The van der Waals surface area contributed by atoms with Crippen LogP contribution in [0.25, 0.3) is 11.1 Å². The van der Waals surface area contributed by atoms with E-state index in [0.29, 0.717) is 28.8 Å². The van der Waals surface area contributed by atoms with Crippen molar-refractivity contribution >= 4 is 23.3 Å². The number of phenols is 1. The van der Waals surface area contributed by atoms with Gasteiger partial charge in [0, 0.05) is 24.1 Å². The summed E-state index contributed by atoms with van der Waals surface area (Å²) in [6.45, 7) is 0.340. The maximum absolute atomic E-state index is 14.5. The Morgan fingerprint density at radius 1 is 1.10 bits per heavy atom. The van der Waals surface area contributed by atoms with E-state index >= 15 is 0 Å². The molecule has 218 valence electrons. The number of benzene rings is 2. The summed E-state index contributed by atoms with van der Waals surface area (Å²) in [5.41, 5.74) is 4.76. The molecule has 5 rings (SSSR count). The molecule has 5 N–H and O–H groups in total. The molecule has 2 aromatic rings. The van der Waals surface area contributed by atoms with Gasteiger partial charge in [-0.15, -0.1) is 0 Å². The van der Waals surface area contributed by atoms with Gasteiger partial charge in [0.25, 0.3) is 0 Å². The summed E-state index contributed by atoms with van der Waals surface area (Å²) in [6, 6.07) is 6.61. The highest BCUT2D eigenvalue weighted by Crippen LogP contribution is 2.52. The molecule has 41 heavy (non-hydrogen) atoms. The number of nitrogens with zero attached hydrogens (tertiary/aromatic N) is 2. The van der Waals surface area contributed by atoms with Crippen LogP contribution >= 0.6 is 0 Å². The zero-order chi connectivity index (χ0) is 30.1. The normalized spacial score (nSPS) is 31.2. The van der Waals surface area contributed by atoms with Crippen molar-refractivity contribution in [3.8, 4) is 16.9 Å². The van der Waals surface area contributed by atoms with Gasteiger partial charge in [0.15, 0.2) is 23.0 Å². The lowest BCUT2D eigenvalue weighted by Crippen LogP contribution is -2.75. The van der Waals surface area contributed by atoms with Crippen molar-refractivity contribution in [1.29, 1.82) is 0 Å². The number of aliphatic hydroxyl groups excluding tert-OH is 1. The number of phenolic OH excluding ortho intramolecular Hbond substituents is 1. The number of ketones is 3. The van der Waals surface area contributed by atoms with Crippen LogP contribution < -0.4 is 5.73 Å². The van der Waals surface area contributed by atoms with Gasteiger partial charge >= 0.3 is 0 Å². The Balaban J connectivity index is 1.63. The Morgan fingerprint density at radius 3 is 2.39 bits per heavy atom. The molecule has 0 saturated heterocycles. The minimum atomic E-state index is -2.71. The molecule has 0 aliphatic heterocycles. The molecule has 0 spiro atoms. The van der Waals surface area contributed by atoms with E-state index in [-0.39, 0.29) is 30.0 Å². The molecule has 0 bridgehead atoms. The van der Waals surface area contributed by atoms with Crippen LogP contribution in [0.2, 0.25) is 0 Å². The molecule has 11 heteroatoms. The van der Waals surface area contributed by atoms with Crippen molar-refractivity contribution in [2.24, 2.45) is 29.4 Å². The first kappa shape index (κ1) is 29.0. The van der Waals surface area contributed by atoms with Crippen LogP contribution in [-0.2, 0) is 27.3 Å². The average Bonchev–Trinajstić information content (AvgIpc) is 2.87. The quantitative estimate of drug-likeness (QED) is 0.378. The van der Waals surface area contributed by atoms with E-state index in [9.17, 15) is 38.9 Å². The van der Waals surface area contributed by atoms with Gasteiger partial charge in [-0.2, -0.15) is 0 Å². The Kier molecular flexibility index (Phi) is 7.14. The van der Waals surface area contributed by atoms with E-state index in [1.54, 1.807) is 32.3 Å². The van der Waals surface area contributed by atoms with E-state index in [1.165, 1.54) is 17.0 Å². The summed E-state index contributed by atoms with van der Waals surface area (Å²) in [7, 11) is 6.81. The van der Waals surface area contributed by atoms with Crippen LogP contribution in [0.3, 0.4) is 0 Å². The first-order chi connectivity index (χ1) is 19.2. The summed E-state index contributed by atoms with van der Waals surface area (Å²) in [5, 5.41) is 33.5. The number of carbonyl (C=O) groups excluding carboxylic acids is 4. The van der Waals surface area contributed by atoms with Crippen molar-refractivity contribution in [2.75, 3.05) is 28.2 Å². The highest BCUT2D eigenvalue weighted by Gasteiger charge is 2.69. The van der Waals surface area contributed by atoms with Gasteiger partial charge in [0.2, 0.25) is 5.91 Å². The summed E-state index contributed by atoms with van der Waals surface area (Å²) in [5.74, 6) is -9.96. The first-order valence-electron chi connectivity index (χ1n) is 13.5. The third-order valence-corrected chi connectivity index (χ3v) is 9.02. The van der Waals surface area contributed by atoms with Crippen LogP contribution in [0.5, 0.6) is 5.75 Å². The number of nitrogens with two attached hydrogens (primary N) is 1. The second-order valence-electron chi connectivity index (χ2n) is 12.0. The van der Waals surface area contributed by atoms with Crippen molar-refractivity contribution in [3.63, 3.8) is 0 Å². The Labute approximate surface area is 236 Å². The standard InChI is InChI=1S/C30H34FN3O7/c1-33(2)12-15-9-13(5-7-19(15)31)16-6-8-20(35)22-17(16)10-14-11-18-24(34(3)4)26(37)23(29(32)40)28(39)30(18,41)27(38)21(14)25(22)36/h5-9,14,18,21,23-24,26,35,37,41H,10-12H2,1-4H3,(H2,32,40)/t14-,18-,21?,23?,24-,26?,30-/m1/s1. The number of aliphatic hydroxyl groups is 2. The molecule has 10 nitrogen and oxygen atoms in total. The van der Waals surface area contributed by atoms with Gasteiger partial charge in [0.05, 0.1) is 17.6 Å². The van der Waals surface area contributed by atoms with Crippen molar-refractivity contribution in [1.82, 2.24) is 9.80 Å². The fourth-order valence-electron chi connectivity index (χ4n) is 7.30. The molecule has 0 aromatic heterocycles. The monoisotopic (exact) mass is 567 g/mol. The van der Waals surface area contributed by atoms with Crippen LogP contribution in [0.1, 0.15) is 27.9 Å². The summed E-state index contributed by atoms with van der Waals surface area (Å²) < 4.78 is 14.5. The minimum Gasteiger partial charge on any atom is -0.507 e. The molecular weight excluding hydrogens is 533 g/mol. The molecule has 1 amide bonds. The van der Waals surface area contributed by atoms with E-state index in [1.807, 2.05) is 19.0 Å². The van der Waals surface area contributed by atoms with Crippen LogP contribution in [0, 0.1) is 29.5 Å². The van der Waals surface area contributed by atoms with Gasteiger partial charge in [-0.3, -0.25) is 19.2 Å². The SMILES string of the molecule is CN(C)Cc1cc(-c2ccc(O)c3c2C[C@@H]2C[C@@H]4[C@@H](N(C)C)C(O)C(C(N)=O)C(=O)[C@]4(O)C(=O)C2C3=O)ccc1F. The number of likely N-dealkylation sites (N-methyl/N-ethyl adjacent to an activating group) is 1. The summed E-state index contributed by atoms with van der Waals surface area (Å²) in [4.78, 5) is 56.9. The molecule has 3 aliphatic carbocycles. The number of halogens is 1. The topological polar surface area (TPSA) is 161 Å². The highest BCUT2D eigenvalue weighted by molar-refractivity contribution is 6.25. The maximum Gasteiger partial charge on any atom is 0.230 e. The Morgan fingerprint density at radius 2 is 1.78 bits per heavy atom. The minimum absolute atomic E-state index is 0.0135. The lowest BCUT2D eigenvalue weighted by molar-refractivity contribution is -0.190. The number of Topliss-reactive ketones (excluding diaryl/α,β-unsaturated/α-hetero) is 3. The van der Waals surface area contributed by atoms with E-state index in [2.05, 4.69) is 0 Å². The van der Waals surface area contributed by atoms with Gasteiger partial charge in [-0.25, -0.2) is 4.39 Å². The molecule has 3 aliphatic rings. The number of rotatable bonds is 5. The zero-order valence-corrected chi connectivity index (χ0v) is 23.3. The number of fused-ring (bicyclic) bond motifs is 3. The lowest BCUT2D eigenvalue weighted by atomic mass is 9.52. The Bertz CT molecular complexity index is 1470. The average molecular weight is 568 g/mol. The van der Waals surface area contributed by atoms with Crippen molar-refractivity contribution in [2.45, 2.75) is 37.1 Å². The molecule has 2 aromatic carbocycles.